The first-order valence-electron chi connectivity index (χ1n) is 6.65. The molecule has 1 aliphatic heterocycles. The van der Waals surface area contributed by atoms with Gasteiger partial charge >= 0.3 is 0 Å². The Morgan fingerprint density at radius 2 is 2.10 bits per heavy atom. The van der Waals surface area contributed by atoms with Gasteiger partial charge in [-0.05, 0) is 42.8 Å². The van der Waals surface area contributed by atoms with E-state index in [1.54, 1.807) is 18.2 Å². The third-order valence-corrected chi connectivity index (χ3v) is 2.95. The van der Waals surface area contributed by atoms with Crippen molar-refractivity contribution in [3.05, 3.63) is 59.7 Å². The monoisotopic (exact) mass is 282 g/mol. The second-order valence-electron chi connectivity index (χ2n) is 4.42. The Labute approximate surface area is 121 Å². The first-order valence-corrected chi connectivity index (χ1v) is 6.65. The molecule has 0 radical (unpaired) electrons. The normalized spacial score (nSPS) is 16.0. The van der Waals surface area contributed by atoms with Crippen molar-refractivity contribution in [3.8, 4) is 5.75 Å². The van der Waals surface area contributed by atoms with Gasteiger partial charge in [0, 0.05) is 0 Å². The van der Waals surface area contributed by atoms with Gasteiger partial charge in [0.2, 0.25) is 0 Å². The Bertz CT molecular complexity index is 698. The number of benzene rings is 1. The molecular formula is C16H14N2O3. The van der Waals surface area contributed by atoms with E-state index in [4.69, 9.17) is 9.15 Å². The van der Waals surface area contributed by atoms with Gasteiger partial charge in [-0.1, -0.05) is 12.1 Å². The summed E-state index contributed by atoms with van der Waals surface area (Å²) in [5.74, 6) is 1.53. The lowest BCUT2D eigenvalue weighted by atomic mass is 10.2. The number of nitrogens with one attached hydrogen (secondary N) is 1. The van der Waals surface area contributed by atoms with E-state index in [2.05, 4.69) is 10.3 Å². The van der Waals surface area contributed by atoms with Gasteiger partial charge in [-0.15, -0.1) is 0 Å². The summed E-state index contributed by atoms with van der Waals surface area (Å²) >= 11 is 0. The molecule has 0 unspecified atom stereocenters. The summed E-state index contributed by atoms with van der Waals surface area (Å²) < 4.78 is 10.6. The second kappa shape index (κ2) is 5.66. The van der Waals surface area contributed by atoms with Crippen molar-refractivity contribution in [3.63, 3.8) is 0 Å². The highest BCUT2D eigenvalue weighted by Gasteiger charge is 2.22. The van der Waals surface area contributed by atoms with Crippen LogP contribution in [-0.2, 0) is 4.79 Å². The summed E-state index contributed by atoms with van der Waals surface area (Å²) in [7, 11) is 0. The number of hydrogen-bond donors (Lipinski definition) is 1. The fourth-order valence-corrected chi connectivity index (χ4v) is 1.98. The number of ether oxygens (including phenoxy) is 1. The van der Waals surface area contributed by atoms with Crippen LogP contribution in [0.25, 0.3) is 6.08 Å². The lowest BCUT2D eigenvalue weighted by Crippen LogP contribution is -2.24. The van der Waals surface area contributed by atoms with Crippen LogP contribution >= 0.6 is 0 Å². The Kier molecular flexibility index (Phi) is 3.55. The number of furan rings is 1. The van der Waals surface area contributed by atoms with Crippen molar-refractivity contribution >= 4 is 17.8 Å². The van der Waals surface area contributed by atoms with Crippen molar-refractivity contribution in [2.45, 2.75) is 6.92 Å². The maximum Gasteiger partial charge on any atom is 0.275 e. The SMILES string of the molecule is CCOc1ccc(C=C2N=C(c3ccco3)NC2=O)cc1. The van der Waals surface area contributed by atoms with Crippen molar-refractivity contribution in [1.82, 2.24) is 5.32 Å². The minimum absolute atomic E-state index is 0.240. The van der Waals surface area contributed by atoms with Crippen molar-refractivity contribution in [2.75, 3.05) is 6.61 Å². The summed E-state index contributed by atoms with van der Waals surface area (Å²) in [4.78, 5) is 16.2. The molecule has 5 nitrogen and oxygen atoms in total. The Balaban J connectivity index is 1.83. The Hall–Kier alpha value is -2.82. The number of nitrogens with zero attached hydrogens (tertiary/aromatic N) is 1. The molecule has 0 bridgehead atoms. The summed E-state index contributed by atoms with van der Waals surface area (Å²) in [6, 6.07) is 11.0. The molecule has 2 heterocycles. The number of carbonyl (C=O) groups excluding carboxylic acids is 1. The average molecular weight is 282 g/mol. The molecule has 0 spiro atoms. The largest absolute Gasteiger partial charge is 0.494 e. The topological polar surface area (TPSA) is 63.8 Å². The zero-order valence-electron chi connectivity index (χ0n) is 11.5. The highest BCUT2D eigenvalue weighted by Crippen LogP contribution is 2.18. The predicted molar refractivity (Wildman–Crippen MR) is 79.0 cm³/mol. The lowest BCUT2D eigenvalue weighted by molar-refractivity contribution is -0.115. The number of aliphatic imine (C=N–C) groups is 1. The quantitative estimate of drug-likeness (QED) is 0.877. The molecule has 0 aliphatic carbocycles. The van der Waals surface area contributed by atoms with E-state index in [-0.39, 0.29) is 5.91 Å². The zero-order chi connectivity index (χ0) is 14.7. The minimum Gasteiger partial charge on any atom is -0.494 e. The Morgan fingerprint density at radius 3 is 2.76 bits per heavy atom. The molecule has 1 aliphatic rings. The van der Waals surface area contributed by atoms with E-state index in [9.17, 15) is 4.79 Å². The predicted octanol–water partition coefficient (Wildman–Crippen LogP) is 2.60. The molecule has 5 heteroatoms. The van der Waals surface area contributed by atoms with Crippen LogP contribution in [0.15, 0.2) is 57.8 Å². The molecule has 1 amide bonds. The minimum atomic E-state index is -0.240. The number of amides is 1. The average Bonchev–Trinajstić information content (AvgIpc) is 3.12. The van der Waals surface area contributed by atoms with Crippen molar-refractivity contribution in [1.29, 1.82) is 0 Å². The summed E-state index contributed by atoms with van der Waals surface area (Å²) in [5.41, 5.74) is 1.23. The summed E-state index contributed by atoms with van der Waals surface area (Å²) in [6.45, 7) is 2.56. The van der Waals surface area contributed by atoms with Gasteiger partial charge in [0.25, 0.3) is 5.91 Å². The molecule has 1 aromatic heterocycles. The molecule has 1 aromatic carbocycles. The molecule has 106 valence electrons. The van der Waals surface area contributed by atoms with E-state index in [1.165, 1.54) is 6.26 Å². The molecule has 2 aromatic rings. The number of rotatable bonds is 4. The van der Waals surface area contributed by atoms with Crippen molar-refractivity contribution in [2.24, 2.45) is 4.99 Å². The molecular weight excluding hydrogens is 268 g/mol. The van der Waals surface area contributed by atoms with Crippen molar-refractivity contribution < 1.29 is 13.9 Å². The van der Waals surface area contributed by atoms with Gasteiger partial charge in [-0.3, -0.25) is 4.79 Å². The maximum absolute atomic E-state index is 11.9. The van der Waals surface area contributed by atoms with Crippen LogP contribution in [0.5, 0.6) is 5.75 Å². The van der Waals surface area contributed by atoms with Gasteiger partial charge in [-0.25, -0.2) is 4.99 Å². The fourth-order valence-electron chi connectivity index (χ4n) is 1.98. The molecule has 0 fully saturated rings. The van der Waals surface area contributed by atoms with E-state index in [1.807, 2.05) is 31.2 Å². The molecule has 0 atom stereocenters. The highest BCUT2D eigenvalue weighted by atomic mass is 16.5. The van der Waals surface area contributed by atoms with Crippen LogP contribution in [0.3, 0.4) is 0 Å². The highest BCUT2D eigenvalue weighted by molar-refractivity contribution is 6.18. The summed E-state index contributed by atoms with van der Waals surface area (Å²) in [6.07, 6.45) is 3.26. The maximum atomic E-state index is 11.9. The van der Waals surface area contributed by atoms with Crippen LogP contribution in [0.2, 0.25) is 0 Å². The van der Waals surface area contributed by atoms with Gasteiger partial charge < -0.3 is 14.5 Å². The van der Waals surface area contributed by atoms with Gasteiger partial charge in [0.05, 0.1) is 12.9 Å². The number of hydrogen-bond acceptors (Lipinski definition) is 4. The number of amidine groups is 1. The first kappa shape index (κ1) is 13.2. The molecule has 1 N–H and O–H groups in total. The van der Waals surface area contributed by atoms with Crippen LogP contribution in [0.1, 0.15) is 18.2 Å². The van der Waals surface area contributed by atoms with E-state index in [0.717, 1.165) is 11.3 Å². The second-order valence-corrected chi connectivity index (χ2v) is 4.42. The molecule has 3 rings (SSSR count). The Morgan fingerprint density at radius 1 is 1.29 bits per heavy atom. The van der Waals surface area contributed by atoms with Crippen LogP contribution in [0.4, 0.5) is 0 Å². The van der Waals surface area contributed by atoms with Crippen LogP contribution < -0.4 is 10.1 Å². The third-order valence-electron chi connectivity index (χ3n) is 2.95. The summed E-state index contributed by atoms with van der Waals surface area (Å²) in [5, 5.41) is 2.68. The van der Waals surface area contributed by atoms with Gasteiger partial charge in [-0.2, -0.15) is 0 Å². The van der Waals surface area contributed by atoms with Gasteiger partial charge in [0.1, 0.15) is 11.4 Å². The lowest BCUT2D eigenvalue weighted by Gasteiger charge is -2.02. The van der Waals surface area contributed by atoms with E-state index < -0.39 is 0 Å². The molecule has 21 heavy (non-hydrogen) atoms. The fraction of sp³-hybridized carbons (Fsp3) is 0.125. The van der Waals surface area contributed by atoms with E-state index in [0.29, 0.717) is 23.9 Å². The first-order chi connectivity index (χ1) is 10.3. The molecule has 0 saturated heterocycles. The smallest absolute Gasteiger partial charge is 0.275 e. The van der Waals surface area contributed by atoms with Crippen LogP contribution in [-0.4, -0.2) is 18.3 Å². The standard InChI is InChI=1S/C16H14N2O3/c1-2-20-12-7-5-11(6-8-12)10-13-16(19)18-15(17-13)14-4-3-9-21-14/h3-10H,2H2,1H3,(H,17,18,19). The van der Waals surface area contributed by atoms with Crippen LogP contribution in [0, 0.1) is 0 Å². The zero-order valence-corrected chi connectivity index (χ0v) is 11.5. The van der Waals surface area contributed by atoms with Gasteiger partial charge in [0.15, 0.2) is 11.6 Å². The van der Waals surface area contributed by atoms with E-state index >= 15 is 0 Å². The molecule has 0 saturated carbocycles. The number of carbonyl (C=O) groups is 1. The third kappa shape index (κ3) is 2.86.